The fraction of sp³-hybridized carbons (Fsp3) is 0.632. The van der Waals surface area contributed by atoms with Gasteiger partial charge in [0.15, 0.2) is 0 Å². The van der Waals surface area contributed by atoms with E-state index < -0.39 is 0 Å². The number of aromatic hydroxyl groups is 1. The monoisotopic (exact) mass is 335 g/mol. The molecule has 2 rings (SSSR count). The number of rotatable bonds is 4. The van der Waals surface area contributed by atoms with Gasteiger partial charge in [0.25, 0.3) is 5.91 Å². The maximum Gasteiger partial charge on any atom is 0.257 e. The minimum Gasteiger partial charge on any atom is -0.507 e. The van der Waals surface area contributed by atoms with Crippen molar-refractivity contribution in [3.05, 3.63) is 28.8 Å². The number of benzene rings is 1. The van der Waals surface area contributed by atoms with Gasteiger partial charge < -0.3 is 19.8 Å². The van der Waals surface area contributed by atoms with E-state index in [1.807, 2.05) is 19.9 Å². The second-order valence-electron chi connectivity index (χ2n) is 7.19. The van der Waals surface area contributed by atoms with Crippen molar-refractivity contribution in [3.63, 3.8) is 0 Å². The van der Waals surface area contributed by atoms with E-state index in [4.69, 9.17) is 4.74 Å². The molecular weight excluding hydrogens is 306 g/mol. The van der Waals surface area contributed by atoms with Gasteiger partial charge >= 0.3 is 0 Å². The van der Waals surface area contributed by atoms with Crippen LogP contribution in [0.25, 0.3) is 0 Å². The molecule has 1 amide bonds. The van der Waals surface area contributed by atoms with Crippen molar-refractivity contribution in [1.82, 2.24) is 4.90 Å². The van der Waals surface area contributed by atoms with Crippen LogP contribution in [0.4, 0.5) is 0 Å². The molecule has 0 unspecified atom stereocenters. The van der Waals surface area contributed by atoms with E-state index >= 15 is 0 Å². The number of aliphatic hydroxyl groups is 1. The summed E-state index contributed by atoms with van der Waals surface area (Å²) in [6.07, 6.45) is 0. The molecular formula is C19H29NO4. The van der Waals surface area contributed by atoms with Gasteiger partial charge in [0.2, 0.25) is 0 Å². The first-order valence-electron chi connectivity index (χ1n) is 8.69. The molecule has 0 bridgehead atoms. The predicted octanol–water partition coefficient (Wildman–Crippen LogP) is 2.72. The van der Waals surface area contributed by atoms with Crippen LogP contribution >= 0.6 is 0 Å². The highest BCUT2D eigenvalue weighted by Gasteiger charge is 2.26. The highest BCUT2D eigenvalue weighted by Crippen LogP contribution is 2.34. The zero-order chi connectivity index (χ0) is 17.9. The molecule has 0 aliphatic carbocycles. The van der Waals surface area contributed by atoms with Gasteiger partial charge in [-0.15, -0.1) is 0 Å². The summed E-state index contributed by atoms with van der Waals surface area (Å²) in [5, 5.41) is 20.0. The summed E-state index contributed by atoms with van der Waals surface area (Å²) in [4.78, 5) is 14.7. The molecule has 134 valence electrons. The Morgan fingerprint density at radius 1 is 1.29 bits per heavy atom. The topological polar surface area (TPSA) is 70.0 Å². The maximum atomic E-state index is 13.0. The van der Waals surface area contributed by atoms with E-state index in [1.54, 1.807) is 11.0 Å². The normalized spacial score (nSPS) is 19.0. The molecule has 2 N–H and O–H groups in total. The van der Waals surface area contributed by atoms with Crippen molar-refractivity contribution in [2.45, 2.75) is 39.5 Å². The van der Waals surface area contributed by atoms with Gasteiger partial charge in [-0.3, -0.25) is 4.79 Å². The summed E-state index contributed by atoms with van der Waals surface area (Å²) in [6, 6.07) is 3.79. The minimum absolute atomic E-state index is 0.0148. The molecule has 1 heterocycles. The number of aliphatic hydroxyl groups excluding tert-OH is 1. The fourth-order valence-electron chi connectivity index (χ4n) is 2.96. The van der Waals surface area contributed by atoms with Crippen molar-refractivity contribution in [2.24, 2.45) is 5.92 Å². The third-order valence-corrected chi connectivity index (χ3v) is 4.56. The number of ether oxygens (including phenoxy) is 1. The molecule has 24 heavy (non-hydrogen) atoms. The summed E-state index contributed by atoms with van der Waals surface area (Å²) >= 11 is 0. The van der Waals surface area contributed by atoms with Gasteiger partial charge in [-0.1, -0.05) is 33.8 Å². The van der Waals surface area contributed by atoms with Crippen LogP contribution in [-0.2, 0) is 4.74 Å². The standard InChI is InChI=1S/C19H29NO4/c1-12(2)15-7-16(13(3)4)18(22)17(8-15)19(23)20-5-6-24-11-14(9-20)10-21/h7-8,12-14,21-22H,5-6,9-11H2,1-4H3/t14-/m1/s1. The molecule has 1 fully saturated rings. The van der Waals surface area contributed by atoms with Gasteiger partial charge in [0.1, 0.15) is 5.75 Å². The zero-order valence-corrected chi connectivity index (χ0v) is 15.1. The SMILES string of the molecule is CC(C)c1cc(C(=O)N2CCOC[C@@H](CO)C2)c(O)c(C(C)C)c1. The molecule has 1 saturated heterocycles. The lowest BCUT2D eigenvalue weighted by Gasteiger charge is -2.25. The maximum absolute atomic E-state index is 13.0. The third kappa shape index (κ3) is 4.08. The summed E-state index contributed by atoms with van der Waals surface area (Å²) < 4.78 is 5.45. The number of carbonyl (C=O) groups is 1. The zero-order valence-electron chi connectivity index (χ0n) is 15.1. The van der Waals surface area contributed by atoms with Gasteiger partial charge in [-0.2, -0.15) is 0 Å². The van der Waals surface area contributed by atoms with Gasteiger partial charge in [-0.25, -0.2) is 0 Å². The molecule has 1 aliphatic rings. The largest absolute Gasteiger partial charge is 0.507 e. The van der Waals surface area contributed by atoms with Crippen LogP contribution in [0.3, 0.4) is 0 Å². The highest BCUT2D eigenvalue weighted by molar-refractivity contribution is 5.97. The number of hydrogen-bond acceptors (Lipinski definition) is 4. The van der Waals surface area contributed by atoms with Crippen LogP contribution in [0.1, 0.15) is 61.0 Å². The Morgan fingerprint density at radius 3 is 2.58 bits per heavy atom. The van der Waals surface area contributed by atoms with Crippen LogP contribution in [0.2, 0.25) is 0 Å². The summed E-state index contributed by atoms with van der Waals surface area (Å²) in [6.45, 7) is 9.97. The fourth-order valence-corrected chi connectivity index (χ4v) is 2.96. The number of phenols is 1. The lowest BCUT2D eigenvalue weighted by Crippen LogP contribution is -2.37. The van der Waals surface area contributed by atoms with Gasteiger partial charge in [0, 0.05) is 25.6 Å². The van der Waals surface area contributed by atoms with E-state index in [0.29, 0.717) is 31.9 Å². The first kappa shape index (κ1) is 18.7. The first-order valence-corrected chi connectivity index (χ1v) is 8.69. The first-order chi connectivity index (χ1) is 11.3. The lowest BCUT2D eigenvalue weighted by atomic mass is 9.91. The lowest BCUT2D eigenvalue weighted by molar-refractivity contribution is 0.0725. The average Bonchev–Trinajstić information content (AvgIpc) is 2.79. The van der Waals surface area contributed by atoms with Gasteiger partial charge in [0.05, 0.1) is 18.8 Å². The van der Waals surface area contributed by atoms with Crippen LogP contribution in [0, 0.1) is 5.92 Å². The van der Waals surface area contributed by atoms with E-state index in [9.17, 15) is 15.0 Å². The molecule has 1 aromatic carbocycles. The van der Waals surface area contributed by atoms with Crippen molar-refractivity contribution in [1.29, 1.82) is 0 Å². The summed E-state index contributed by atoms with van der Waals surface area (Å²) in [7, 11) is 0. The second kappa shape index (κ2) is 7.99. The Bertz CT molecular complexity index is 583. The predicted molar refractivity (Wildman–Crippen MR) is 93.6 cm³/mol. The van der Waals surface area contributed by atoms with E-state index in [0.717, 1.165) is 11.1 Å². The number of hydrogen-bond donors (Lipinski definition) is 2. The summed E-state index contributed by atoms with van der Waals surface area (Å²) in [5.41, 5.74) is 2.20. The Labute approximate surface area is 144 Å². The van der Waals surface area contributed by atoms with Gasteiger partial charge in [-0.05, 0) is 29.0 Å². The van der Waals surface area contributed by atoms with Crippen LogP contribution < -0.4 is 0 Å². The molecule has 5 nitrogen and oxygen atoms in total. The quantitative estimate of drug-likeness (QED) is 0.887. The molecule has 0 spiro atoms. The minimum atomic E-state index is -0.194. The third-order valence-electron chi connectivity index (χ3n) is 4.56. The second-order valence-corrected chi connectivity index (χ2v) is 7.19. The van der Waals surface area contributed by atoms with Crippen LogP contribution in [0.5, 0.6) is 5.75 Å². The molecule has 0 saturated carbocycles. The van der Waals surface area contributed by atoms with E-state index in [-0.39, 0.29) is 36.0 Å². The Kier molecular flexibility index (Phi) is 6.24. The Hall–Kier alpha value is -1.59. The summed E-state index contributed by atoms with van der Waals surface area (Å²) in [5.74, 6) is 0.197. The number of phenolic OH excluding ortho intramolecular Hbond substituents is 1. The smallest absolute Gasteiger partial charge is 0.257 e. The van der Waals surface area contributed by atoms with E-state index in [2.05, 4.69) is 13.8 Å². The Balaban J connectivity index is 2.40. The van der Waals surface area contributed by atoms with Crippen molar-refractivity contribution in [2.75, 3.05) is 32.9 Å². The van der Waals surface area contributed by atoms with Crippen molar-refractivity contribution >= 4 is 5.91 Å². The number of nitrogens with zero attached hydrogens (tertiary/aromatic N) is 1. The molecule has 5 heteroatoms. The number of carbonyl (C=O) groups excluding carboxylic acids is 1. The molecule has 0 aromatic heterocycles. The van der Waals surface area contributed by atoms with Crippen molar-refractivity contribution in [3.8, 4) is 5.75 Å². The van der Waals surface area contributed by atoms with Crippen molar-refractivity contribution < 1.29 is 19.7 Å². The van der Waals surface area contributed by atoms with Crippen LogP contribution in [-0.4, -0.2) is 53.9 Å². The highest BCUT2D eigenvalue weighted by atomic mass is 16.5. The molecule has 1 aliphatic heterocycles. The average molecular weight is 335 g/mol. The molecule has 0 radical (unpaired) electrons. The molecule has 1 atom stereocenters. The number of amides is 1. The Morgan fingerprint density at radius 2 is 2.00 bits per heavy atom. The van der Waals surface area contributed by atoms with E-state index in [1.165, 1.54) is 0 Å². The molecule has 1 aromatic rings. The van der Waals surface area contributed by atoms with Crippen LogP contribution in [0.15, 0.2) is 12.1 Å².